The third-order valence-corrected chi connectivity index (χ3v) is 5.23. The van der Waals surface area contributed by atoms with E-state index in [-0.39, 0.29) is 11.6 Å². The molecule has 0 unspecified atom stereocenters. The van der Waals surface area contributed by atoms with E-state index >= 15 is 0 Å². The fourth-order valence-electron chi connectivity index (χ4n) is 4.05. The molecule has 3 aromatic carbocycles. The van der Waals surface area contributed by atoms with E-state index in [1.165, 1.54) is 23.8 Å². The molecule has 5 rings (SSSR count). The van der Waals surface area contributed by atoms with Crippen LogP contribution in [0.4, 0.5) is 8.78 Å². The molecule has 27 heavy (non-hydrogen) atoms. The molecule has 4 heteroatoms. The zero-order valence-corrected chi connectivity index (χ0v) is 14.7. The average Bonchev–Trinajstić information content (AvgIpc) is 3.20. The molecule has 0 saturated heterocycles. The van der Waals surface area contributed by atoms with Crippen LogP contribution < -0.4 is 0 Å². The van der Waals surface area contributed by atoms with Crippen LogP contribution >= 0.6 is 0 Å². The van der Waals surface area contributed by atoms with E-state index in [1.54, 1.807) is 18.2 Å². The second kappa shape index (κ2) is 6.32. The largest absolute Gasteiger partial charge is 0.312 e. The Balaban J connectivity index is 1.60. The van der Waals surface area contributed by atoms with Gasteiger partial charge in [-0.3, -0.25) is 4.90 Å². The first-order chi connectivity index (χ1) is 13.2. The molecule has 1 aliphatic rings. The van der Waals surface area contributed by atoms with Gasteiger partial charge in [-0.25, -0.2) is 8.78 Å². The van der Waals surface area contributed by atoms with Gasteiger partial charge in [0, 0.05) is 36.4 Å². The van der Waals surface area contributed by atoms with Crippen molar-refractivity contribution in [1.29, 1.82) is 0 Å². The molecule has 0 N–H and O–H groups in total. The zero-order chi connectivity index (χ0) is 18.4. The summed E-state index contributed by atoms with van der Waals surface area (Å²) in [5.41, 5.74) is 5.43. The lowest BCUT2D eigenvalue weighted by Crippen LogP contribution is -2.17. The monoisotopic (exact) mass is 360 g/mol. The molecule has 2 heterocycles. The van der Waals surface area contributed by atoms with Crippen molar-refractivity contribution in [2.24, 2.45) is 0 Å². The van der Waals surface area contributed by atoms with Gasteiger partial charge in [-0.15, -0.1) is 0 Å². The summed E-state index contributed by atoms with van der Waals surface area (Å²) in [5.74, 6) is -0.494. The van der Waals surface area contributed by atoms with Crippen molar-refractivity contribution in [2.45, 2.75) is 19.6 Å². The topological polar surface area (TPSA) is 8.17 Å². The third-order valence-electron chi connectivity index (χ3n) is 5.23. The van der Waals surface area contributed by atoms with E-state index in [4.69, 9.17) is 0 Å². The number of nitrogens with zero attached hydrogens (tertiary/aromatic N) is 2. The van der Waals surface area contributed by atoms with Crippen LogP contribution in [-0.4, -0.2) is 9.47 Å². The summed E-state index contributed by atoms with van der Waals surface area (Å²) >= 11 is 0. The van der Waals surface area contributed by atoms with Crippen LogP contribution in [0.25, 0.3) is 16.6 Å². The Kier molecular flexibility index (Phi) is 3.80. The Morgan fingerprint density at radius 2 is 1.52 bits per heavy atom. The maximum atomic E-state index is 13.9. The lowest BCUT2D eigenvalue weighted by molar-refractivity contribution is 0.273. The highest BCUT2D eigenvalue weighted by Gasteiger charge is 2.27. The van der Waals surface area contributed by atoms with E-state index in [2.05, 4.69) is 21.6 Å². The van der Waals surface area contributed by atoms with E-state index in [0.29, 0.717) is 0 Å². The molecule has 0 saturated carbocycles. The normalized spacial score (nSPS) is 14.0. The van der Waals surface area contributed by atoms with Crippen molar-refractivity contribution >= 4 is 10.9 Å². The van der Waals surface area contributed by atoms with Crippen LogP contribution in [0.15, 0.2) is 72.8 Å². The lowest BCUT2D eigenvalue weighted by atomic mass is 10.1. The molecule has 0 spiro atoms. The van der Waals surface area contributed by atoms with Gasteiger partial charge in [0.15, 0.2) is 0 Å². The predicted molar refractivity (Wildman–Crippen MR) is 103 cm³/mol. The van der Waals surface area contributed by atoms with Crippen LogP contribution in [-0.2, 0) is 19.6 Å². The minimum atomic E-state index is -0.261. The van der Waals surface area contributed by atoms with Crippen molar-refractivity contribution in [3.8, 4) is 5.69 Å². The minimum Gasteiger partial charge on any atom is -0.312 e. The van der Waals surface area contributed by atoms with E-state index in [9.17, 15) is 8.78 Å². The molecule has 1 aliphatic heterocycles. The fraction of sp³-hybridized carbons (Fsp3) is 0.130. The van der Waals surface area contributed by atoms with Crippen LogP contribution in [0.3, 0.4) is 0 Å². The van der Waals surface area contributed by atoms with E-state index in [1.807, 2.05) is 24.3 Å². The number of benzene rings is 3. The van der Waals surface area contributed by atoms with Gasteiger partial charge >= 0.3 is 0 Å². The van der Waals surface area contributed by atoms with Gasteiger partial charge in [-0.2, -0.15) is 0 Å². The first kappa shape index (κ1) is 16.2. The van der Waals surface area contributed by atoms with E-state index in [0.717, 1.165) is 47.5 Å². The highest BCUT2D eigenvalue weighted by atomic mass is 19.1. The molecule has 4 aromatic rings. The maximum Gasteiger partial charge on any atom is 0.123 e. The van der Waals surface area contributed by atoms with Gasteiger partial charge in [0.25, 0.3) is 0 Å². The molecule has 0 atom stereocenters. The number of aromatic nitrogens is 1. The smallest absolute Gasteiger partial charge is 0.123 e. The number of rotatable bonds is 3. The van der Waals surface area contributed by atoms with Crippen LogP contribution in [0.2, 0.25) is 0 Å². The summed E-state index contributed by atoms with van der Waals surface area (Å²) in [5, 5.41) is 0.935. The Morgan fingerprint density at radius 3 is 2.30 bits per heavy atom. The van der Waals surface area contributed by atoms with Gasteiger partial charge in [0.1, 0.15) is 11.6 Å². The molecular weight excluding hydrogens is 342 g/mol. The molecular formula is C23H18F2N2. The number of halogens is 2. The van der Waals surface area contributed by atoms with E-state index < -0.39 is 0 Å². The van der Waals surface area contributed by atoms with Crippen LogP contribution in [0.5, 0.6) is 0 Å². The molecule has 1 aromatic heterocycles. The summed E-state index contributed by atoms with van der Waals surface area (Å²) in [6, 6.07) is 21.7. The first-order valence-corrected chi connectivity index (χ1v) is 9.03. The van der Waals surface area contributed by atoms with Gasteiger partial charge in [-0.05, 0) is 53.6 Å². The van der Waals surface area contributed by atoms with Gasteiger partial charge in [0.05, 0.1) is 5.52 Å². The highest BCUT2D eigenvalue weighted by molar-refractivity contribution is 5.88. The zero-order valence-electron chi connectivity index (χ0n) is 14.7. The maximum absolute atomic E-state index is 13.9. The van der Waals surface area contributed by atoms with Crippen LogP contribution in [0.1, 0.15) is 16.8 Å². The average molecular weight is 360 g/mol. The van der Waals surface area contributed by atoms with Crippen molar-refractivity contribution < 1.29 is 8.78 Å². The quantitative estimate of drug-likeness (QED) is 0.473. The van der Waals surface area contributed by atoms with Gasteiger partial charge in [-0.1, -0.05) is 30.3 Å². The lowest BCUT2D eigenvalue weighted by Gasteiger charge is -2.17. The SMILES string of the molecule is Fc1ccc(-n2c3c(c4cc(F)ccc42)CN(Cc2ccccc2)C3)cc1. The fourth-order valence-corrected chi connectivity index (χ4v) is 4.05. The third kappa shape index (κ3) is 2.82. The molecule has 0 fully saturated rings. The van der Waals surface area contributed by atoms with Crippen molar-refractivity contribution in [2.75, 3.05) is 0 Å². The Bertz CT molecular complexity index is 1110. The standard InChI is InChI=1S/C23H18F2N2/c24-17-6-9-19(10-7-17)27-22-11-8-18(25)12-20(22)21-14-26(15-23(21)27)13-16-4-2-1-3-5-16/h1-12H,13-15H2. The first-order valence-electron chi connectivity index (χ1n) is 9.03. The summed E-state index contributed by atoms with van der Waals surface area (Å²) < 4.78 is 29.5. The van der Waals surface area contributed by atoms with Gasteiger partial charge < -0.3 is 4.57 Å². The van der Waals surface area contributed by atoms with Crippen LogP contribution in [0, 0.1) is 11.6 Å². The van der Waals surface area contributed by atoms with Crippen molar-refractivity contribution in [3.05, 3.63) is 101 Å². The van der Waals surface area contributed by atoms with Gasteiger partial charge in [0.2, 0.25) is 0 Å². The number of hydrogen-bond donors (Lipinski definition) is 0. The highest BCUT2D eigenvalue weighted by Crippen LogP contribution is 2.36. The Labute approximate surface area is 156 Å². The summed E-state index contributed by atoms with van der Waals surface area (Å²) in [6.07, 6.45) is 0. The molecule has 0 amide bonds. The Hall–Kier alpha value is -2.98. The minimum absolute atomic E-state index is 0.233. The summed E-state index contributed by atoms with van der Waals surface area (Å²) in [4.78, 5) is 2.35. The second-order valence-electron chi connectivity index (χ2n) is 7.03. The predicted octanol–water partition coefficient (Wildman–Crippen LogP) is 5.42. The molecule has 0 radical (unpaired) electrons. The molecule has 0 bridgehead atoms. The second-order valence-corrected chi connectivity index (χ2v) is 7.03. The summed E-state index contributed by atoms with van der Waals surface area (Å²) in [7, 11) is 0. The Morgan fingerprint density at radius 1 is 0.778 bits per heavy atom. The number of fused-ring (bicyclic) bond motifs is 3. The number of hydrogen-bond acceptors (Lipinski definition) is 1. The molecule has 2 nitrogen and oxygen atoms in total. The molecule has 0 aliphatic carbocycles. The molecule has 134 valence electrons. The summed E-state index contributed by atoms with van der Waals surface area (Å²) in [6.45, 7) is 2.39. The van der Waals surface area contributed by atoms with Crippen molar-refractivity contribution in [1.82, 2.24) is 9.47 Å². The van der Waals surface area contributed by atoms with Crippen molar-refractivity contribution in [3.63, 3.8) is 0 Å².